The average molecular weight is 376 g/mol. The predicted molar refractivity (Wildman–Crippen MR) is 81.8 cm³/mol. The smallest absolute Gasteiger partial charge is 0.339 e. The Labute approximate surface area is 142 Å². The van der Waals surface area contributed by atoms with Gasteiger partial charge in [-0.2, -0.15) is 18.2 Å². The fourth-order valence-electron chi connectivity index (χ4n) is 1.82. The van der Waals surface area contributed by atoms with E-state index < -0.39 is 12.0 Å². The Bertz CT molecular complexity index is 798. The minimum absolute atomic E-state index is 0.00660. The Hall–Kier alpha value is -2.08. The molecule has 7 nitrogen and oxygen atoms in total. The molecular formula is C12H11F3N6OS2. The van der Waals surface area contributed by atoms with Crippen LogP contribution in [0.1, 0.15) is 18.1 Å². The number of nitrogens with two attached hydrogens (primary N) is 1. The molecule has 12 heteroatoms. The van der Waals surface area contributed by atoms with Gasteiger partial charge in [0.25, 0.3) is 5.82 Å². The number of thiophene rings is 1. The van der Waals surface area contributed by atoms with Crippen molar-refractivity contribution < 1.29 is 17.7 Å². The molecule has 0 bridgehead atoms. The molecule has 0 amide bonds. The second kappa shape index (κ2) is 6.81. The van der Waals surface area contributed by atoms with Gasteiger partial charge in [0.05, 0.1) is 4.88 Å². The lowest BCUT2D eigenvalue weighted by molar-refractivity contribution is -0.146. The molecule has 3 heterocycles. The number of hydrogen-bond acceptors (Lipinski definition) is 8. The van der Waals surface area contributed by atoms with Crippen LogP contribution < -0.4 is 5.84 Å². The highest BCUT2D eigenvalue weighted by atomic mass is 32.2. The number of hydrogen-bond donors (Lipinski definition) is 1. The Morgan fingerprint density at radius 1 is 1.33 bits per heavy atom. The Kier molecular flexibility index (Phi) is 4.76. The first kappa shape index (κ1) is 16.8. The highest BCUT2D eigenvalue weighted by molar-refractivity contribution is 7.99. The van der Waals surface area contributed by atoms with Crippen molar-refractivity contribution >= 4 is 23.1 Å². The van der Waals surface area contributed by atoms with Gasteiger partial charge in [-0.1, -0.05) is 23.0 Å². The number of halogens is 3. The highest BCUT2D eigenvalue weighted by Crippen LogP contribution is 2.29. The number of nitrogens with zero attached hydrogens (tertiary/aromatic N) is 5. The van der Waals surface area contributed by atoms with E-state index in [9.17, 15) is 13.2 Å². The van der Waals surface area contributed by atoms with Gasteiger partial charge < -0.3 is 10.4 Å². The molecule has 24 heavy (non-hydrogen) atoms. The van der Waals surface area contributed by atoms with Gasteiger partial charge in [0.15, 0.2) is 0 Å². The third-order valence-corrected chi connectivity index (χ3v) is 4.79. The van der Waals surface area contributed by atoms with Crippen LogP contribution in [0.3, 0.4) is 0 Å². The Balaban J connectivity index is 1.50. The van der Waals surface area contributed by atoms with Crippen molar-refractivity contribution in [3.05, 3.63) is 29.2 Å². The largest absolute Gasteiger partial charge is 0.453 e. The van der Waals surface area contributed by atoms with Crippen LogP contribution in [0.5, 0.6) is 0 Å². The van der Waals surface area contributed by atoms with Crippen LogP contribution in [0, 0.1) is 0 Å². The van der Waals surface area contributed by atoms with Gasteiger partial charge in [-0.15, -0.1) is 21.5 Å². The second-order valence-electron chi connectivity index (χ2n) is 4.61. The molecule has 128 valence electrons. The maximum absolute atomic E-state index is 12.6. The molecule has 0 unspecified atom stereocenters. The summed E-state index contributed by atoms with van der Waals surface area (Å²) in [4.78, 5) is 5.18. The van der Waals surface area contributed by atoms with Gasteiger partial charge >= 0.3 is 6.18 Å². The van der Waals surface area contributed by atoms with Crippen LogP contribution in [-0.2, 0) is 12.6 Å². The van der Waals surface area contributed by atoms with E-state index in [-0.39, 0.29) is 5.16 Å². The van der Waals surface area contributed by atoms with Crippen LogP contribution in [0.4, 0.5) is 13.2 Å². The van der Waals surface area contributed by atoms with E-state index in [0.717, 1.165) is 16.6 Å². The maximum atomic E-state index is 12.6. The van der Waals surface area contributed by atoms with Crippen LogP contribution in [0.25, 0.3) is 10.7 Å². The molecule has 0 aliphatic carbocycles. The first-order valence-electron chi connectivity index (χ1n) is 6.72. The van der Waals surface area contributed by atoms with Crippen molar-refractivity contribution in [3.63, 3.8) is 0 Å². The quantitative estimate of drug-likeness (QED) is 0.401. The monoisotopic (exact) mass is 376 g/mol. The van der Waals surface area contributed by atoms with Crippen LogP contribution >= 0.6 is 23.1 Å². The summed E-state index contributed by atoms with van der Waals surface area (Å²) in [5.41, 5.74) is 0. The van der Waals surface area contributed by atoms with Crippen molar-refractivity contribution in [1.29, 1.82) is 0 Å². The number of thioether (sulfide) groups is 1. The van der Waals surface area contributed by atoms with Crippen LogP contribution in [-0.4, -0.2) is 30.8 Å². The summed E-state index contributed by atoms with van der Waals surface area (Å²) in [7, 11) is 0. The molecule has 0 radical (unpaired) electrons. The van der Waals surface area contributed by atoms with Crippen molar-refractivity contribution in [2.24, 2.45) is 0 Å². The summed E-state index contributed by atoms with van der Waals surface area (Å²) in [5, 5.41) is 12.3. The first-order chi connectivity index (χ1) is 11.4. The second-order valence-corrected chi connectivity index (χ2v) is 6.62. The van der Waals surface area contributed by atoms with Crippen LogP contribution in [0.15, 0.2) is 27.2 Å². The van der Waals surface area contributed by atoms with E-state index in [1.54, 1.807) is 0 Å². The zero-order valence-electron chi connectivity index (χ0n) is 12.0. The van der Waals surface area contributed by atoms with Crippen molar-refractivity contribution in [2.75, 3.05) is 11.6 Å². The zero-order chi connectivity index (χ0) is 17.2. The summed E-state index contributed by atoms with van der Waals surface area (Å²) in [6.07, 6.45) is -3.50. The average Bonchev–Trinajstić information content (AvgIpc) is 3.24. The molecule has 0 atom stereocenters. The number of rotatable bonds is 6. The van der Waals surface area contributed by atoms with E-state index in [2.05, 4.69) is 20.3 Å². The molecule has 0 saturated carbocycles. The number of aryl methyl sites for hydroxylation is 1. The van der Waals surface area contributed by atoms with Gasteiger partial charge in [-0.3, -0.25) is 0 Å². The van der Waals surface area contributed by atoms with Crippen LogP contribution in [0.2, 0.25) is 0 Å². The third-order valence-electron chi connectivity index (χ3n) is 2.89. The van der Waals surface area contributed by atoms with Crippen molar-refractivity contribution in [2.45, 2.75) is 24.2 Å². The molecule has 0 fully saturated rings. The SMILES string of the molecule is Nn1c(SCCCc2nc(-c3cccs3)no2)nnc1C(F)(F)F. The minimum atomic E-state index is -4.62. The molecule has 3 aromatic rings. The lowest BCUT2D eigenvalue weighted by Gasteiger charge is -2.05. The molecule has 3 rings (SSSR count). The van der Waals surface area contributed by atoms with E-state index >= 15 is 0 Å². The van der Waals surface area contributed by atoms with Gasteiger partial charge in [0, 0.05) is 12.2 Å². The maximum Gasteiger partial charge on any atom is 0.453 e. The summed E-state index contributed by atoms with van der Waals surface area (Å²) in [5.74, 6) is 5.63. The lowest BCUT2D eigenvalue weighted by Crippen LogP contribution is -2.21. The van der Waals surface area contributed by atoms with Crippen molar-refractivity contribution in [3.8, 4) is 10.7 Å². The highest BCUT2D eigenvalue weighted by Gasteiger charge is 2.38. The van der Waals surface area contributed by atoms with E-state index in [0.29, 0.717) is 35.0 Å². The summed E-state index contributed by atoms with van der Waals surface area (Å²) < 4.78 is 43.2. The number of aromatic nitrogens is 5. The predicted octanol–water partition coefficient (Wildman–Crippen LogP) is 2.85. The standard InChI is InChI=1S/C12H11F3N6OS2/c13-12(14,15)10-18-19-11(21(10)16)24-6-2-4-8-17-9(20-22-8)7-3-1-5-23-7/h1,3,5H,2,4,6,16H2. The van der Waals surface area contributed by atoms with E-state index in [1.807, 2.05) is 17.5 Å². The number of alkyl halides is 3. The Morgan fingerprint density at radius 2 is 2.17 bits per heavy atom. The van der Waals surface area contributed by atoms with Gasteiger partial charge in [0.2, 0.25) is 16.9 Å². The van der Waals surface area contributed by atoms with E-state index in [4.69, 9.17) is 10.4 Å². The topological polar surface area (TPSA) is 95.7 Å². The van der Waals surface area contributed by atoms with Gasteiger partial charge in [0.1, 0.15) is 0 Å². The number of nitrogen functional groups attached to an aromatic ring is 1. The van der Waals surface area contributed by atoms with Gasteiger partial charge in [-0.05, 0) is 17.9 Å². The fourth-order valence-corrected chi connectivity index (χ4v) is 3.26. The fraction of sp³-hybridized carbons (Fsp3) is 0.333. The van der Waals surface area contributed by atoms with Gasteiger partial charge in [-0.25, -0.2) is 4.68 Å². The van der Waals surface area contributed by atoms with Crippen molar-refractivity contribution in [1.82, 2.24) is 25.0 Å². The molecule has 0 spiro atoms. The summed E-state index contributed by atoms with van der Waals surface area (Å²) in [6, 6.07) is 3.78. The normalized spacial score (nSPS) is 12.0. The molecule has 3 aromatic heterocycles. The molecular weight excluding hydrogens is 365 g/mol. The molecule has 0 aliphatic rings. The summed E-state index contributed by atoms with van der Waals surface area (Å²) in [6.45, 7) is 0. The summed E-state index contributed by atoms with van der Waals surface area (Å²) >= 11 is 2.59. The first-order valence-corrected chi connectivity index (χ1v) is 8.58. The third kappa shape index (κ3) is 3.70. The molecule has 0 aliphatic heterocycles. The molecule has 0 aromatic carbocycles. The molecule has 0 saturated heterocycles. The zero-order valence-corrected chi connectivity index (χ0v) is 13.7. The Morgan fingerprint density at radius 3 is 2.83 bits per heavy atom. The molecule has 2 N–H and O–H groups in total. The lowest BCUT2D eigenvalue weighted by atomic mass is 10.3. The van der Waals surface area contributed by atoms with E-state index in [1.165, 1.54) is 11.3 Å². The minimum Gasteiger partial charge on any atom is -0.339 e.